The first-order valence-electron chi connectivity index (χ1n) is 23.7. The lowest BCUT2D eigenvalue weighted by molar-refractivity contribution is -0.433. The van der Waals surface area contributed by atoms with Gasteiger partial charge in [0.25, 0.3) is 16.0 Å². The van der Waals surface area contributed by atoms with E-state index in [2.05, 4.69) is 85.7 Å². The summed E-state index contributed by atoms with van der Waals surface area (Å²) in [7, 11) is -4.49. The molecule has 0 saturated heterocycles. The van der Waals surface area contributed by atoms with E-state index in [1.165, 1.54) is 6.07 Å². The Hall–Kier alpha value is -6.34. The number of carbonyl (C=O) groups excluding carboxylic acids is 4. The zero-order chi connectivity index (χ0) is 50.8. The Labute approximate surface area is 417 Å². The molecule has 8 rings (SSSR count). The molecule has 3 aliphatic rings. The van der Waals surface area contributed by atoms with Crippen LogP contribution in [0.4, 0.5) is 11.4 Å². The van der Waals surface area contributed by atoms with Crippen LogP contribution in [0.15, 0.2) is 119 Å². The molecule has 2 aliphatic heterocycles. The third-order valence-electron chi connectivity index (χ3n) is 13.7. The summed E-state index contributed by atoms with van der Waals surface area (Å²) in [6, 6.07) is 22.2. The highest BCUT2D eigenvalue weighted by atomic mass is 32.2. The molecule has 0 spiro atoms. The monoisotopic (exact) mass is 1000 g/mol. The van der Waals surface area contributed by atoms with Gasteiger partial charge in [0.15, 0.2) is 17.3 Å². The van der Waals surface area contributed by atoms with Gasteiger partial charge in [0, 0.05) is 88.9 Å². The van der Waals surface area contributed by atoms with Crippen molar-refractivity contribution in [3.8, 4) is 0 Å². The molecule has 5 aromatic rings. The second kappa shape index (κ2) is 20.8. The number of nitrogens with zero attached hydrogens (tertiary/aromatic N) is 3. The van der Waals surface area contributed by atoms with Crippen molar-refractivity contribution in [1.82, 2.24) is 10.3 Å². The smallest absolute Gasteiger partial charge is 0.306 e. The number of fused-ring (bicyclic) bond motifs is 6. The number of rotatable bonds is 18. The van der Waals surface area contributed by atoms with Gasteiger partial charge in [-0.3, -0.25) is 28.7 Å². The first-order chi connectivity index (χ1) is 33.9. The van der Waals surface area contributed by atoms with Crippen LogP contribution < -0.4 is 10.2 Å². The van der Waals surface area contributed by atoms with Gasteiger partial charge < -0.3 is 15.0 Å². The van der Waals surface area contributed by atoms with Crippen molar-refractivity contribution in [2.24, 2.45) is 0 Å². The zero-order valence-corrected chi connectivity index (χ0v) is 42.1. The van der Waals surface area contributed by atoms with Gasteiger partial charge in [-0.1, -0.05) is 61.7 Å². The number of anilines is 1. The first kappa shape index (κ1) is 51.0. The molecule has 17 heteroatoms. The minimum atomic E-state index is -4.49. The lowest BCUT2D eigenvalue weighted by Gasteiger charge is -2.26. The van der Waals surface area contributed by atoms with Crippen molar-refractivity contribution in [1.29, 1.82) is 0 Å². The summed E-state index contributed by atoms with van der Waals surface area (Å²) in [5.41, 5.74) is 6.72. The Morgan fingerprint density at radius 2 is 1.61 bits per heavy atom. The minimum absolute atomic E-state index is 0.0718. The number of esters is 1. The van der Waals surface area contributed by atoms with Crippen LogP contribution >= 0.6 is 12.0 Å². The van der Waals surface area contributed by atoms with Gasteiger partial charge in [-0.05, 0) is 111 Å². The summed E-state index contributed by atoms with van der Waals surface area (Å²) in [6.07, 6.45) is 10.5. The summed E-state index contributed by atoms with van der Waals surface area (Å²) in [5.74, 6) is -1.60. The van der Waals surface area contributed by atoms with Crippen molar-refractivity contribution in [2.45, 2.75) is 107 Å². The average Bonchev–Trinajstić information content (AvgIpc) is 3.88. The van der Waals surface area contributed by atoms with E-state index >= 15 is 0 Å². The Balaban J connectivity index is 1.09. The molecule has 0 bridgehead atoms. The molecule has 71 heavy (non-hydrogen) atoms. The number of allylic oxidation sites excluding steroid dienone is 6. The Morgan fingerprint density at radius 1 is 0.887 bits per heavy atom. The third-order valence-corrected chi connectivity index (χ3v) is 15.3. The second-order valence-corrected chi connectivity index (χ2v) is 20.9. The number of aromatic nitrogens is 1. The van der Waals surface area contributed by atoms with E-state index in [1.54, 1.807) is 24.4 Å². The van der Waals surface area contributed by atoms with Crippen LogP contribution in [0.25, 0.3) is 27.1 Å². The molecule has 1 aliphatic carbocycles. The van der Waals surface area contributed by atoms with E-state index in [-0.39, 0.29) is 41.6 Å². The fourth-order valence-corrected chi connectivity index (χ4v) is 11.6. The number of unbranched alkanes of at least 4 members (excludes halogenated alkanes) is 2. The van der Waals surface area contributed by atoms with Crippen molar-refractivity contribution in [3.63, 3.8) is 0 Å². The summed E-state index contributed by atoms with van der Waals surface area (Å²) >= 11 is 0.925. The molecule has 0 radical (unpaired) electrons. The molecule has 0 unspecified atom stereocenters. The third kappa shape index (κ3) is 9.99. The van der Waals surface area contributed by atoms with Crippen LogP contribution in [0.1, 0.15) is 107 Å². The number of ether oxygens (including phenoxy) is 1. The highest BCUT2D eigenvalue weighted by molar-refractivity contribution is 7.94. The molecular weight excluding hydrogens is 945 g/mol. The van der Waals surface area contributed by atoms with E-state index in [1.807, 2.05) is 48.6 Å². The lowest BCUT2D eigenvalue weighted by atomic mass is 9.79. The molecular formula is C54H57N4O11S2+. The highest BCUT2D eigenvalue weighted by Gasteiger charge is 2.46. The van der Waals surface area contributed by atoms with E-state index in [4.69, 9.17) is 19.3 Å². The summed E-state index contributed by atoms with van der Waals surface area (Å²) in [4.78, 5) is 56.9. The van der Waals surface area contributed by atoms with E-state index in [0.717, 1.165) is 72.6 Å². The molecule has 15 nitrogen and oxygen atoms in total. The molecule has 1 fully saturated rings. The number of hydrogen-bond acceptors (Lipinski definition) is 13. The van der Waals surface area contributed by atoms with Gasteiger partial charge >= 0.3 is 5.97 Å². The SMILES string of the molecule is CCN1C(=CC=C(C=CC2=[N+](CC)c3ccc4c(SOOO)cccc4c3C2(C)C)c2ccc(C(=O)NCCCCCC(=O)OC3C(=O)CCC3=O)cn2)C(C)(C)c2c1ccc1c(S(=O)(=O)O)cccc21. The first-order valence-corrected chi connectivity index (χ1v) is 25.9. The van der Waals surface area contributed by atoms with Gasteiger partial charge in [0.1, 0.15) is 11.4 Å². The normalized spacial score (nSPS) is 17.3. The van der Waals surface area contributed by atoms with Crippen LogP contribution in [-0.2, 0) is 49.4 Å². The lowest BCUT2D eigenvalue weighted by Crippen LogP contribution is -2.28. The largest absolute Gasteiger partial charge is 0.446 e. The summed E-state index contributed by atoms with van der Waals surface area (Å²) in [6.45, 7) is 14.4. The maximum atomic E-state index is 13.3. The Bertz CT molecular complexity index is 3200. The molecule has 4 aromatic carbocycles. The van der Waals surface area contributed by atoms with Crippen molar-refractivity contribution in [3.05, 3.63) is 131 Å². The number of carbonyl (C=O) groups is 4. The standard InChI is InChI=1S/C54H56N4O11S2/c1-7-57-40-25-22-35-37(14-12-16-44(35)70-69-68-63)49(40)53(3,4)46(57)29-20-33(21-30-47-54(5,6)50-38-15-13-17-45(71(64,65)66)36(38)23-26-41(50)58(47)8-2)39-24-19-34(32-56-39)52(62)55-31-11-9-10-18-48(61)67-51-42(59)27-28-43(51)60/h12-17,19-26,29-30,32,51H,7-11,18,27-28,31H2,1-6H3,(H2-,55,62,63,64,65,66)/p+1. The van der Waals surface area contributed by atoms with Crippen molar-refractivity contribution >= 4 is 89.8 Å². The number of nitrogens with one attached hydrogen (secondary N) is 1. The predicted octanol–water partition coefficient (Wildman–Crippen LogP) is 9.93. The predicted molar refractivity (Wildman–Crippen MR) is 272 cm³/mol. The number of amides is 1. The number of Topliss-reactive ketones (excluding diaryl/α,β-unsaturated/α-hetero) is 2. The van der Waals surface area contributed by atoms with Gasteiger partial charge in [-0.2, -0.15) is 13.0 Å². The quantitative estimate of drug-likeness (QED) is 0.00861. The van der Waals surface area contributed by atoms with Crippen LogP contribution in [0, 0.1) is 0 Å². The fraction of sp³-hybridized carbons (Fsp3) is 0.333. The molecule has 1 aromatic heterocycles. The number of hydrogen-bond donors (Lipinski definition) is 3. The Kier molecular flexibility index (Phi) is 14.9. The van der Waals surface area contributed by atoms with Gasteiger partial charge in [0.05, 0.1) is 28.7 Å². The van der Waals surface area contributed by atoms with Crippen molar-refractivity contribution < 1.29 is 56.1 Å². The van der Waals surface area contributed by atoms with E-state index in [0.29, 0.717) is 55.5 Å². The number of benzene rings is 4. The van der Waals surface area contributed by atoms with Gasteiger partial charge in [0.2, 0.25) is 11.8 Å². The fourth-order valence-electron chi connectivity index (χ4n) is 10.4. The zero-order valence-electron chi connectivity index (χ0n) is 40.5. The second-order valence-electron chi connectivity index (χ2n) is 18.8. The molecule has 1 saturated carbocycles. The topological polar surface area (TPSA) is 202 Å². The molecule has 0 atom stereocenters. The van der Waals surface area contributed by atoms with Crippen LogP contribution in [0.3, 0.4) is 0 Å². The van der Waals surface area contributed by atoms with Crippen LogP contribution in [0.2, 0.25) is 0 Å². The molecule has 370 valence electrons. The van der Waals surface area contributed by atoms with Crippen LogP contribution in [-0.4, -0.2) is 82.7 Å². The van der Waals surface area contributed by atoms with Crippen LogP contribution in [0.5, 0.6) is 0 Å². The maximum Gasteiger partial charge on any atom is 0.306 e. The van der Waals surface area contributed by atoms with Crippen molar-refractivity contribution in [2.75, 3.05) is 24.5 Å². The maximum absolute atomic E-state index is 13.3. The van der Waals surface area contributed by atoms with E-state index in [9.17, 15) is 32.1 Å². The van der Waals surface area contributed by atoms with Gasteiger partial charge in [-0.15, -0.1) is 4.33 Å². The molecule has 3 N–H and O–H groups in total. The highest BCUT2D eigenvalue weighted by Crippen LogP contribution is 2.51. The molecule has 1 amide bonds. The Morgan fingerprint density at radius 3 is 2.28 bits per heavy atom. The summed E-state index contributed by atoms with van der Waals surface area (Å²) < 4.78 is 47.3. The summed E-state index contributed by atoms with van der Waals surface area (Å²) in [5, 5.41) is 18.9. The number of likely N-dealkylation sites (N-methyl/N-ethyl adjacent to an activating group) is 1. The van der Waals surface area contributed by atoms with Gasteiger partial charge in [-0.25, -0.2) is 5.26 Å². The number of pyridine rings is 1. The van der Waals surface area contributed by atoms with E-state index < -0.39 is 33.0 Å². The number of ketones is 2. The average molecular weight is 1000 g/mol. The minimum Gasteiger partial charge on any atom is -0.446 e. The molecule has 3 heterocycles.